The van der Waals surface area contributed by atoms with Gasteiger partial charge in [-0.05, 0) is 31.5 Å². The van der Waals surface area contributed by atoms with Crippen LogP contribution >= 0.6 is 0 Å². The third-order valence-corrected chi connectivity index (χ3v) is 4.42. The van der Waals surface area contributed by atoms with Gasteiger partial charge in [0, 0.05) is 19.0 Å². The Bertz CT molecular complexity index is 399. The van der Waals surface area contributed by atoms with Crippen molar-refractivity contribution in [2.75, 3.05) is 32.1 Å². The first-order valence-corrected chi connectivity index (χ1v) is 7.25. The fourth-order valence-corrected chi connectivity index (χ4v) is 3.26. The monoisotopic (exact) mass is 262 g/mol. The molecule has 2 rings (SSSR count). The number of hydrogen-bond acceptors (Lipinski definition) is 3. The predicted molar refractivity (Wildman–Crippen MR) is 80.8 cm³/mol. The largest absolute Gasteiger partial charge is 0.495 e. The number of nitrogens with two attached hydrogens (primary N) is 1. The van der Waals surface area contributed by atoms with Crippen molar-refractivity contribution in [2.24, 2.45) is 11.1 Å². The molecular weight excluding hydrogens is 236 g/mol. The normalized spacial score (nSPS) is 18.1. The number of methoxy groups -OCH3 is 1. The quantitative estimate of drug-likeness (QED) is 0.886. The zero-order valence-electron chi connectivity index (χ0n) is 12.2. The highest BCUT2D eigenvalue weighted by molar-refractivity contribution is 5.58. The fraction of sp³-hybridized carbons (Fsp3) is 0.625. The molecule has 2 N–H and O–H groups in total. The molecule has 0 unspecified atom stereocenters. The first-order chi connectivity index (χ1) is 9.21. The van der Waals surface area contributed by atoms with Crippen LogP contribution in [0.4, 0.5) is 5.69 Å². The second-order valence-electron chi connectivity index (χ2n) is 5.79. The van der Waals surface area contributed by atoms with Crippen LogP contribution in [0, 0.1) is 5.41 Å². The van der Waals surface area contributed by atoms with E-state index in [2.05, 4.69) is 24.1 Å². The Labute approximate surface area is 116 Å². The maximum atomic E-state index is 6.08. The Morgan fingerprint density at radius 3 is 2.53 bits per heavy atom. The van der Waals surface area contributed by atoms with E-state index in [0.717, 1.165) is 24.5 Å². The lowest BCUT2D eigenvalue weighted by atomic mass is 9.73. The van der Waals surface area contributed by atoms with Gasteiger partial charge in [-0.15, -0.1) is 0 Å². The molecule has 1 saturated carbocycles. The van der Waals surface area contributed by atoms with Gasteiger partial charge < -0.3 is 15.4 Å². The molecule has 19 heavy (non-hydrogen) atoms. The van der Waals surface area contributed by atoms with Gasteiger partial charge in [0.15, 0.2) is 0 Å². The highest BCUT2D eigenvalue weighted by atomic mass is 16.5. The molecule has 0 amide bonds. The predicted octanol–water partition coefficient (Wildman–Crippen LogP) is 3.04. The van der Waals surface area contributed by atoms with E-state index >= 15 is 0 Å². The Hall–Kier alpha value is -1.22. The lowest BCUT2D eigenvalue weighted by Gasteiger charge is -2.40. The maximum absolute atomic E-state index is 6.08. The van der Waals surface area contributed by atoms with Crippen molar-refractivity contribution in [3.05, 3.63) is 24.3 Å². The van der Waals surface area contributed by atoms with Crippen molar-refractivity contribution in [2.45, 2.75) is 32.1 Å². The van der Waals surface area contributed by atoms with Crippen LogP contribution in [0.1, 0.15) is 32.1 Å². The summed E-state index contributed by atoms with van der Waals surface area (Å²) in [4.78, 5) is 2.30. The van der Waals surface area contributed by atoms with Crippen LogP contribution in [0.25, 0.3) is 0 Å². The number of anilines is 1. The fourth-order valence-electron chi connectivity index (χ4n) is 3.26. The zero-order chi connectivity index (χ0) is 13.7. The van der Waals surface area contributed by atoms with Crippen LogP contribution in [-0.4, -0.2) is 27.2 Å². The minimum absolute atomic E-state index is 0.286. The second kappa shape index (κ2) is 6.29. The summed E-state index contributed by atoms with van der Waals surface area (Å²) in [5.41, 5.74) is 7.52. The SMILES string of the molecule is COc1ccccc1N(C)CC1(CN)CCCCC1. The van der Waals surface area contributed by atoms with E-state index in [0.29, 0.717) is 0 Å². The highest BCUT2D eigenvalue weighted by Gasteiger charge is 2.32. The van der Waals surface area contributed by atoms with Gasteiger partial charge in [-0.1, -0.05) is 31.4 Å². The molecule has 106 valence electrons. The smallest absolute Gasteiger partial charge is 0.142 e. The summed E-state index contributed by atoms with van der Waals surface area (Å²) in [6.45, 7) is 1.80. The lowest BCUT2D eigenvalue weighted by molar-refractivity contribution is 0.205. The average Bonchev–Trinajstić information content (AvgIpc) is 2.48. The Morgan fingerprint density at radius 1 is 1.21 bits per heavy atom. The molecule has 1 aliphatic carbocycles. The van der Waals surface area contributed by atoms with Crippen LogP contribution < -0.4 is 15.4 Å². The molecule has 3 nitrogen and oxygen atoms in total. The van der Waals surface area contributed by atoms with E-state index < -0.39 is 0 Å². The van der Waals surface area contributed by atoms with Gasteiger partial charge in [-0.25, -0.2) is 0 Å². The zero-order valence-corrected chi connectivity index (χ0v) is 12.2. The van der Waals surface area contributed by atoms with E-state index in [1.54, 1.807) is 7.11 Å². The van der Waals surface area contributed by atoms with E-state index in [1.807, 2.05) is 12.1 Å². The van der Waals surface area contributed by atoms with E-state index in [9.17, 15) is 0 Å². The van der Waals surface area contributed by atoms with Crippen LogP contribution in [-0.2, 0) is 0 Å². The van der Waals surface area contributed by atoms with E-state index in [4.69, 9.17) is 10.5 Å². The standard InChI is InChI=1S/C16H26N2O/c1-18(14-8-4-5-9-15(14)19-2)13-16(12-17)10-6-3-7-11-16/h4-5,8-9H,3,6-7,10-13,17H2,1-2H3. The summed E-state index contributed by atoms with van der Waals surface area (Å²) in [6.07, 6.45) is 6.50. The summed E-state index contributed by atoms with van der Waals surface area (Å²) < 4.78 is 5.45. The molecule has 1 aromatic rings. The van der Waals surface area contributed by atoms with Crippen molar-refractivity contribution in [3.63, 3.8) is 0 Å². The highest BCUT2D eigenvalue weighted by Crippen LogP contribution is 2.38. The summed E-state index contributed by atoms with van der Waals surface area (Å²) in [7, 11) is 3.87. The number of para-hydroxylation sites is 2. The summed E-state index contributed by atoms with van der Waals surface area (Å²) >= 11 is 0. The molecule has 1 aliphatic rings. The molecule has 0 aromatic heterocycles. The summed E-state index contributed by atoms with van der Waals surface area (Å²) in [5, 5.41) is 0. The van der Waals surface area contributed by atoms with Gasteiger partial charge in [0.2, 0.25) is 0 Å². The molecule has 3 heteroatoms. The lowest BCUT2D eigenvalue weighted by Crippen LogP contribution is -2.42. The van der Waals surface area contributed by atoms with Gasteiger partial charge in [0.1, 0.15) is 5.75 Å². The minimum atomic E-state index is 0.286. The van der Waals surface area contributed by atoms with Crippen molar-refractivity contribution in [3.8, 4) is 5.75 Å². The second-order valence-corrected chi connectivity index (χ2v) is 5.79. The van der Waals surface area contributed by atoms with Gasteiger partial charge in [0.05, 0.1) is 12.8 Å². The molecule has 0 spiro atoms. The number of rotatable bonds is 5. The number of nitrogens with zero attached hydrogens (tertiary/aromatic N) is 1. The number of benzene rings is 1. The minimum Gasteiger partial charge on any atom is -0.495 e. The topological polar surface area (TPSA) is 38.5 Å². The Kier molecular flexibility index (Phi) is 4.70. The number of hydrogen-bond donors (Lipinski definition) is 1. The van der Waals surface area contributed by atoms with E-state index in [1.165, 1.54) is 32.1 Å². The molecule has 1 aromatic carbocycles. The molecule has 0 heterocycles. The van der Waals surface area contributed by atoms with Crippen molar-refractivity contribution in [1.29, 1.82) is 0 Å². The van der Waals surface area contributed by atoms with Crippen molar-refractivity contribution in [1.82, 2.24) is 0 Å². The van der Waals surface area contributed by atoms with Crippen LogP contribution in [0.15, 0.2) is 24.3 Å². The van der Waals surface area contributed by atoms with Gasteiger partial charge in [0.25, 0.3) is 0 Å². The third-order valence-electron chi connectivity index (χ3n) is 4.42. The van der Waals surface area contributed by atoms with Crippen molar-refractivity contribution < 1.29 is 4.74 Å². The molecular formula is C16H26N2O. The third kappa shape index (κ3) is 3.21. The summed E-state index contributed by atoms with van der Waals surface area (Å²) in [6, 6.07) is 8.20. The Balaban J connectivity index is 2.12. The molecule has 1 fully saturated rings. The Morgan fingerprint density at radius 2 is 1.89 bits per heavy atom. The molecule has 0 aliphatic heterocycles. The molecule has 0 bridgehead atoms. The number of ether oxygens (including phenoxy) is 1. The van der Waals surface area contributed by atoms with Crippen LogP contribution in [0.3, 0.4) is 0 Å². The van der Waals surface area contributed by atoms with Crippen LogP contribution in [0.2, 0.25) is 0 Å². The maximum Gasteiger partial charge on any atom is 0.142 e. The molecule has 0 atom stereocenters. The van der Waals surface area contributed by atoms with Gasteiger partial charge in [-0.2, -0.15) is 0 Å². The molecule has 0 saturated heterocycles. The summed E-state index contributed by atoms with van der Waals surface area (Å²) in [5.74, 6) is 0.938. The van der Waals surface area contributed by atoms with Gasteiger partial charge >= 0.3 is 0 Å². The van der Waals surface area contributed by atoms with Crippen LogP contribution in [0.5, 0.6) is 5.75 Å². The van der Waals surface area contributed by atoms with Gasteiger partial charge in [-0.3, -0.25) is 0 Å². The first-order valence-electron chi connectivity index (χ1n) is 7.25. The van der Waals surface area contributed by atoms with E-state index in [-0.39, 0.29) is 5.41 Å². The average molecular weight is 262 g/mol. The van der Waals surface area contributed by atoms with Crippen molar-refractivity contribution >= 4 is 5.69 Å². The first kappa shape index (κ1) is 14.2. The molecule has 0 radical (unpaired) electrons.